The lowest BCUT2D eigenvalue weighted by molar-refractivity contribution is 0.100. The third-order valence-electron chi connectivity index (χ3n) is 2.54. The Morgan fingerprint density at radius 1 is 1.06 bits per heavy atom. The summed E-state index contributed by atoms with van der Waals surface area (Å²) in [5.41, 5.74) is 1.34. The van der Waals surface area contributed by atoms with Gasteiger partial charge < -0.3 is 9.47 Å². The van der Waals surface area contributed by atoms with Crippen LogP contribution in [0.3, 0.4) is 0 Å². The van der Waals surface area contributed by atoms with Gasteiger partial charge in [0, 0.05) is 31.8 Å². The third-order valence-corrected chi connectivity index (χ3v) is 3.53. The monoisotopic (exact) mass is 300 g/mol. The number of ether oxygens (including phenoxy) is 2. The van der Waals surface area contributed by atoms with E-state index in [1.165, 1.54) is 5.56 Å². The van der Waals surface area contributed by atoms with Crippen molar-refractivity contribution in [2.45, 2.75) is 24.1 Å². The fourth-order valence-electron chi connectivity index (χ4n) is 1.60. The molecule has 0 saturated carbocycles. The highest BCUT2D eigenvalue weighted by Gasteiger charge is 2.05. The summed E-state index contributed by atoms with van der Waals surface area (Å²) in [5, 5.41) is 0. The molecule has 1 rings (SSSR count). The molecule has 0 bridgehead atoms. The number of alkyl halides is 1. The van der Waals surface area contributed by atoms with E-state index in [0.29, 0.717) is 4.83 Å². The van der Waals surface area contributed by atoms with Crippen LogP contribution in [-0.4, -0.2) is 26.9 Å². The summed E-state index contributed by atoms with van der Waals surface area (Å²) in [7, 11) is 1.72. The van der Waals surface area contributed by atoms with Crippen LogP contribution >= 0.6 is 15.9 Å². The van der Waals surface area contributed by atoms with Crippen molar-refractivity contribution >= 4 is 15.9 Å². The van der Waals surface area contributed by atoms with Crippen LogP contribution in [0.1, 0.15) is 29.7 Å². The Kier molecular flexibility index (Phi) is 8.32. The van der Waals surface area contributed by atoms with Crippen LogP contribution in [0.5, 0.6) is 0 Å². The van der Waals surface area contributed by atoms with Gasteiger partial charge in [0.1, 0.15) is 0 Å². The van der Waals surface area contributed by atoms with Gasteiger partial charge in [-0.2, -0.15) is 0 Å². The van der Waals surface area contributed by atoms with E-state index in [-0.39, 0.29) is 0 Å². The van der Waals surface area contributed by atoms with E-state index < -0.39 is 0 Å². The van der Waals surface area contributed by atoms with Crippen LogP contribution < -0.4 is 0 Å². The van der Waals surface area contributed by atoms with Crippen molar-refractivity contribution in [3.8, 4) is 0 Å². The summed E-state index contributed by atoms with van der Waals surface area (Å²) in [4.78, 5) is 0.436. The molecule has 1 unspecified atom stereocenters. The van der Waals surface area contributed by atoms with Crippen LogP contribution in [0.4, 0.5) is 0 Å². The minimum Gasteiger partial charge on any atom is -0.385 e. The molecule has 2 nitrogen and oxygen atoms in total. The van der Waals surface area contributed by atoms with Gasteiger partial charge >= 0.3 is 0 Å². The quantitative estimate of drug-likeness (QED) is 0.508. The lowest BCUT2D eigenvalue weighted by Crippen LogP contribution is -2.01. The van der Waals surface area contributed by atoms with E-state index in [4.69, 9.17) is 9.47 Å². The van der Waals surface area contributed by atoms with Gasteiger partial charge in [0.15, 0.2) is 0 Å². The summed E-state index contributed by atoms with van der Waals surface area (Å²) in [6, 6.07) is 10.5. The molecule has 0 heterocycles. The molecule has 0 N–H and O–H groups in total. The molecule has 0 radical (unpaired) electrons. The predicted molar refractivity (Wildman–Crippen MR) is 74.7 cm³/mol. The Hall–Kier alpha value is -0.380. The standard InChI is InChI=1S/C14H21BrO2/c1-16-10-6-12-17-11-5-9-14(15)13-7-3-2-4-8-13/h2-4,7-8,14H,5-6,9-12H2,1H3. The third kappa shape index (κ3) is 6.81. The highest BCUT2D eigenvalue weighted by Crippen LogP contribution is 2.27. The second-order valence-electron chi connectivity index (χ2n) is 3.98. The van der Waals surface area contributed by atoms with E-state index in [1.807, 2.05) is 6.07 Å². The second-order valence-corrected chi connectivity index (χ2v) is 5.08. The maximum Gasteiger partial charge on any atom is 0.0487 e. The molecule has 0 spiro atoms. The largest absolute Gasteiger partial charge is 0.385 e. The van der Waals surface area contributed by atoms with Gasteiger partial charge in [-0.25, -0.2) is 0 Å². The Morgan fingerprint density at radius 2 is 1.76 bits per heavy atom. The van der Waals surface area contributed by atoms with E-state index in [0.717, 1.165) is 39.1 Å². The number of rotatable bonds is 9. The first-order valence-electron chi connectivity index (χ1n) is 6.10. The molecule has 17 heavy (non-hydrogen) atoms. The average molecular weight is 301 g/mol. The van der Waals surface area contributed by atoms with Crippen molar-refractivity contribution in [1.29, 1.82) is 0 Å². The zero-order valence-electron chi connectivity index (χ0n) is 10.4. The summed E-state index contributed by atoms with van der Waals surface area (Å²) >= 11 is 3.70. The van der Waals surface area contributed by atoms with Crippen molar-refractivity contribution in [3.63, 3.8) is 0 Å². The van der Waals surface area contributed by atoms with Gasteiger partial charge in [-0.1, -0.05) is 46.3 Å². The molecule has 3 heteroatoms. The summed E-state index contributed by atoms with van der Waals surface area (Å²) in [5.74, 6) is 0. The number of benzene rings is 1. The zero-order valence-corrected chi connectivity index (χ0v) is 12.0. The minimum atomic E-state index is 0.436. The van der Waals surface area contributed by atoms with Gasteiger partial charge in [-0.05, 0) is 24.8 Å². The normalized spacial score (nSPS) is 12.6. The number of hydrogen-bond donors (Lipinski definition) is 0. The number of hydrogen-bond acceptors (Lipinski definition) is 2. The summed E-state index contributed by atoms with van der Waals surface area (Å²) in [6.45, 7) is 2.41. The van der Waals surface area contributed by atoms with Crippen molar-refractivity contribution in [2.24, 2.45) is 0 Å². The molecule has 96 valence electrons. The molecule has 1 atom stereocenters. The van der Waals surface area contributed by atoms with E-state index in [2.05, 4.69) is 40.2 Å². The maximum atomic E-state index is 5.52. The Morgan fingerprint density at radius 3 is 2.47 bits per heavy atom. The molecule has 0 aromatic heterocycles. The predicted octanol–water partition coefficient (Wildman–Crippen LogP) is 3.96. The molecular weight excluding hydrogens is 280 g/mol. The van der Waals surface area contributed by atoms with Gasteiger partial charge in [0.2, 0.25) is 0 Å². The molecule has 0 fully saturated rings. The van der Waals surface area contributed by atoms with Crippen LogP contribution in [0.2, 0.25) is 0 Å². The van der Waals surface area contributed by atoms with Crippen LogP contribution in [0.25, 0.3) is 0 Å². The first kappa shape index (κ1) is 14.7. The number of methoxy groups -OCH3 is 1. The van der Waals surface area contributed by atoms with Crippen LogP contribution in [-0.2, 0) is 9.47 Å². The summed E-state index contributed by atoms with van der Waals surface area (Å²) in [6.07, 6.45) is 3.17. The molecule has 0 amide bonds. The highest BCUT2D eigenvalue weighted by molar-refractivity contribution is 9.09. The van der Waals surface area contributed by atoms with Gasteiger partial charge in [-0.15, -0.1) is 0 Å². The molecule has 1 aromatic carbocycles. The smallest absolute Gasteiger partial charge is 0.0487 e. The van der Waals surface area contributed by atoms with Gasteiger partial charge in [0.25, 0.3) is 0 Å². The summed E-state index contributed by atoms with van der Waals surface area (Å²) < 4.78 is 10.5. The Bertz CT molecular complexity index is 277. The molecule has 0 aliphatic rings. The fraction of sp³-hybridized carbons (Fsp3) is 0.571. The molecule has 1 aromatic rings. The molecule has 0 saturated heterocycles. The average Bonchev–Trinajstić information content (AvgIpc) is 2.38. The van der Waals surface area contributed by atoms with E-state index in [9.17, 15) is 0 Å². The Labute approximate surface area is 112 Å². The first-order chi connectivity index (χ1) is 8.34. The van der Waals surface area contributed by atoms with Crippen LogP contribution in [0, 0.1) is 0 Å². The van der Waals surface area contributed by atoms with Crippen molar-refractivity contribution in [1.82, 2.24) is 0 Å². The van der Waals surface area contributed by atoms with Crippen molar-refractivity contribution in [3.05, 3.63) is 35.9 Å². The fourth-order valence-corrected chi connectivity index (χ4v) is 2.23. The lowest BCUT2D eigenvalue weighted by atomic mass is 10.1. The van der Waals surface area contributed by atoms with E-state index >= 15 is 0 Å². The van der Waals surface area contributed by atoms with Crippen LogP contribution in [0.15, 0.2) is 30.3 Å². The first-order valence-corrected chi connectivity index (χ1v) is 7.02. The van der Waals surface area contributed by atoms with Crippen molar-refractivity contribution < 1.29 is 9.47 Å². The number of halogens is 1. The second kappa shape index (κ2) is 9.63. The van der Waals surface area contributed by atoms with E-state index in [1.54, 1.807) is 7.11 Å². The highest BCUT2D eigenvalue weighted by atomic mass is 79.9. The van der Waals surface area contributed by atoms with Gasteiger partial charge in [0.05, 0.1) is 0 Å². The zero-order chi connectivity index (χ0) is 12.3. The van der Waals surface area contributed by atoms with Crippen molar-refractivity contribution in [2.75, 3.05) is 26.9 Å². The molecular formula is C14H21BrO2. The minimum absolute atomic E-state index is 0.436. The molecule has 0 aliphatic heterocycles. The topological polar surface area (TPSA) is 18.5 Å². The lowest BCUT2D eigenvalue weighted by Gasteiger charge is -2.10. The Balaban J connectivity index is 2.03. The SMILES string of the molecule is COCCCOCCCC(Br)c1ccccc1. The van der Waals surface area contributed by atoms with Gasteiger partial charge in [-0.3, -0.25) is 0 Å². The maximum absolute atomic E-state index is 5.52. The molecule has 0 aliphatic carbocycles.